The minimum absolute atomic E-state index is 0.666. The van der Waals surface area contributed by atoms with Gasteiger partial charge in [-0.3, -0.25) is 0 Å². The van der Waals surface area contributed by atoms with Gasteiger partial charge in [0.25, 0.3) is 0 Å². The van der Waals surface area contributed by atoms with Gasteiger partial charge < -0.3 is 4.90 Å². The molecule has 0 saturated carbocycles. The molecule has 17 heavy (non-hydrogen) atoms. The number of anilines is 1. The van der Waals surface area contributed by atoms with Crippen LogP contribution in [0, 0.1) is 5.92 Å². The smallest absolute Gasteiger partial charge is 0.142 e. The summed E-state index contributed by atoms with van der Waals surface area (Å²) in [6.07, 6.45) is 4.12. The standard InChI is InChI=1S/C13H20BrClN2/c1-4-10(5-2)9-17(6-3)13-12(14)7-11(15)8-16-13/h7-8,10H,4-6,9H2,1-3H3. The topological polar surface area (TPSA) is 16.1 Å². The Labute approximate surface area is 118 Å². The fraction of sp³-hybridized carbons (Fsp3) is 0.615. The van der Waals surface area contributed by atoms with Gasteiger partial charge in [-0.25, -0.2) is 4.98 Å². The van der Waals surface area contributed by atoms with Crippen molar-refractivity contribution in [1.82, 2.24) is 4.98 Å². The van der Waals surface area contributed by atoms with Crippen LogP contribution in [-0.4, -0.2) is 18.1 Å². The number of hydrogen-bond donors (Lipinski definition) is 0. The van der Waals surface area contributed by atoms with Gasteiger partial charge in [0, 0.05) is 19.3 Å². The molecule has 0 N–H and O–H groups in total. The van der Waals surface area contributed by atoms with E-state index in [0.29, 0.717) is 5.02 Å². The molecule has 0 radical (unpaired) electrons. The van der Waals surface area contributed by atoms with E-state index < -0.39 is 0 Å². The monoisotopic (exact) mass is 318 g/mol. The van der Waals surface area contributed by atoms with Gasteiger partial charge in [-0.15, -0.1) is 0 Å². The van der Waals surface area contributed by atoms with Gasteiger partial charge in [-0.2, -0.15) is 0 Å². The van der Waals surface area contributed by atoms with Crippen LogP contribution in [0.4, 0.5) is 5.82 Å². The molecule has 2 nitrogen and oxygen atoms in total. The molecule has 0 fully saturated rings. The molecule has 0 aliphatic rings. The third-order valence-electron chi connectivity index (χ3n) is 3.10. The minimum Gasteiger partial charge on any atom is -0.356 e. The fourth-order valence-corrected chi connectivity index (χ4v) is 2.75. The van der Waals surface area contributed by atoms with Gasteiger partial charge in [-0.05, 0) is 34.8 Å². The van der Waals surface area contributed by atoms with Crippen molar-refractivity contribution in [1.29, 1.82) is 0 Å². The van der Waals surface area contributed by atoms with Crippen molar-refractivity contribution in [3.63, 3.8) is 0 Å². The number of rotatable bonds is 6. The summed E-state index contributed by atoms with van der Waals surface area (Å²) < 4.78 is 0.970. The number of halogens is 2. The van der Waals surface area contributed by atoms with Crippen molar-refractivity contribution in [3.8, 4) is 0 Å². The number of nitrogens with zero attached hydrogens (tertiary/aromatic N) is 2. The highest BCUT2D eigenvalue weighted by Gasteiger charge is 2.14. The lowest BCUT2D eigenvalue weighted by Gasteiger charge is -2.27. The second-order valence-electron chi connectivity index (χ2n) is 4.18. The number of pyridine rings is 1. The molecule has 0 atom stereocenters. The average molecular weight is 320 g/mol. The van der Waals surface area contributed by atoms with E-state index in [1.165, 1.54) is 12.8 Å². The highest BCUT2D eigenvalue weighted by atomic mass is 79.9. The quantitative estimate of drug-likeness (QED) is 0.751. The summed E-state index contributed by atoms with van der Waals surface area (Å²) >= 11 is 9.45. The molecular formula is C13H20BrClN2. The molecule has 0 aromatic carbocycles. The Hall–Kier alpha value is -0.280. The lowest BCUT2D eigenvalue weighted by atomic mass is 10.0. The normalized spacial score (nSPS) is 10.9. The summed E-state index contributed by atoms with van der Waals surface area (Å²) in [7, 11) is 0. The molecular weight excluding hydrogens is 300 g/mol. The zero-order valence-electron chi connectivity index (χ0n) is 10.7. The van der Waals surface area contributed by atoms with E-state index in [2.05, 4.69) is 46.6 Å². The van der Waals surface area contributed by atoms with Gasteiger partial charge in [0.15, 0.2) is 0 Å². The Kier molecular flexibility index (Phi) is 6.28. The zero-order chi connectivity index (χ0) is 12.8. The Bertz CT molecular complexity index is 353. The van der Waals surface area contributed by atoms with Crippen molar-refractivity contribution in [2.75, 3.05) is 18.0 Å². The van der Waals surface area contributed by atoms with E-state index in [1.807, 2.05) is 6.07 Å². The summed E-state index contributed by atoms with van der Waals surface area (Å²) in [4.78, 5) is 6.72. The van der Waals surface area contributed by atoms with Crippen LogP contribution >= 0.6 is 27.5 Å². The van der Waals surface area contributed by atoms with Crippen molar-refractivity contribution >= 4 is 33.3 Å². The molecule has 4 heteroatoms. The molecule has 0 saturated heterocycles. The molecule has 1 aromatic rings. The highest BCUT2D eigenvalue weighted by molar-refractivity contribution is 9.10. The fourth-order valence-electron chi connectivity index (χ4n) is 1.86. The van der Waals surface area contributed by atoms with Crippen LogP contribution in [0.25, 0.3) is 0 Å². The maximum atomic E-state index is 5.91. The van der Waals surface area contributed by atoms with Crippen molar-refractivity contribution in [2.45, 2.75) is 33.6 Å². The number of aromatic nitrogens is 1. The third-order valence-corrected chi connectivity index (χ3v) is 3.89. The van der Waals surface area contributed by atoms with E-state index in [4.69, 9.17) is 11.6 Å². The molecule has 0 aliphatic heterocycles. The first-order chi connectivity index (χ1) is 8.12. The van der Waals surface area contributed by atoms with Crippen LogP contribution in [0.15, 0.2) is 16.7 Å². The first-order valence-corrected chi connectivity index (χ1v) is 7.35. The van der Waals surface area contributed by atoms with Crippen molar-refractivity contribution in [2.24, 2.45) is 5.92 Å². The summed E-state index contributed by atoms with van der Waals surface area (Å²) in [5.74, 6) is 1.71. The van der Waals surface area contributed by atoms with Gasteiger partial charge in [-0.1, -0.05) is 38.3 Å². The molecule has 1 aromatic heterocycles. The zero-order valence-corrected chi connectivity index (χ0v) is 13.1. The van der Waals surface area contributed by atoms with Crippen molar-refractivity contribution in [3.05, 3.63) is 21.8 Å². The van der Waals surface area contributed by atoms with Crippen LogP contribution in [0.3, 0.4) is 0 Å². The van der Waals surface area contributed by atoms with E-state index in [0.717, 1.165) is 29.3 Å². The Morgan fingerprint density at radius 2 is 2.00 bits per heavy atom. The summed E-state index contributed by atoms with van der Waals surface area (Å²) in [5, 5.41) is 0.666. The van der Waals surface area contributed by atoms with Crippen LogP contribution in [0.5, 0.6) is 0 Å². The average Bonchev–Trinajstić information content (AvgIpc) is 2.32. The highest BCUT2D eigenvalue weighted by Crippen LogP contribution is 2.27. The minimum atomic E-state index is 0.666. The predicted octanol–water partition coefficient (Wildman–Crippen LogP) is 4.76. The first kappa shape index (κ1) is 14.8. The predicted molar refractivity (Wildman–Crippen MR) is 78.9 cm³/mol. The maximum Gasteiger partial charge on any atom is 0.142 e. The van der Waals surface area contributed by atoms with E-state index in [-0.39, 0.29) is 0 Å². The number of hydrogen-bond acceptors (Lipinski definition) is 2. The largest absolute Gasteiger partial charge is 0.356 e. The van der Waals surface area contributed by atoms with Crippen LogP contribution < -0.4 is 4.90 Å². The molecule has 0 spiro atoms. The van der Waals surface area contributed by atoms with Gasteiger partial charge in [0.2, 0.25) is 0 Å². The van der Waals surface area contributed by atoms with Crippen LogP contribution in [0.1, 0.15) is 33.6 Å². The van der Waals surface area contributed by atoms with Gasteiger partial charge >= 0.3 is 0 Å². The van der Waals surface area contributed by atoms with Crippen LogP contribution in [0.2, 0.25) is 5.02 Å². The van der Waals surface area contributed by atoms with Crippen LogP contribution in [-0.2, 0) is 0 Å². The van der Waals surface area contributed by atoms with E-state index in [9.17, 15) is 0 Å². The summed E-state index contributed by atoms with van der Waals surface area (Å²) in [6, 6.07) is 1.90. The molecule has 0 amide bonds. The van der Waals surface area contributed by atoms with Gasteiger partial charge in [0.1, 0.15) is 5.82 Å². The van der Waals surface area contributed by atoms with Gasteiger partial charge in [0.05, 0.1) is 9.50 Å². The second-order valence-corrected chi connectivity index (χ2v) is 5.47. The van der Waals surface area contributed by atoms with E-state index in [1.54, 1.807) is 6.20 Å². The molecule has 0 aliphatic carbocycles. The molecule has 0 unspecified atom stereocenters. The maximum absolute atomic E-state index is 5.91. The van der Waals surface area contributed by atoms with E-state index >= 15 is 0 Å². The second kappa shape index (κ2) is 7.22. The summed E-state index contributed by atoms with van der Waals surface area (Å²) in [5.41, 5.74) is 0. The van der Waals surface area contributed by atoms with Crippen molar-refractivity contribution < 1.29 is 0 Å². The lowest BCUT2D eigenvalue weighted by molar-refractivity contribution is 0.484. The molecule has 1 heterocycles. The first-order valence-electron chi connectivity index (χ1n) is 6.18. The molecule has 0 bridgehead atoms. The third kappa shape index (κ3) is 4.14. The Morgan fingerprint density at radius 3 is 2.47 bits per heavy atom. The Morgan fingerprint density at radius 1 is 1.35 bits per heavy atom. The SMILES string of the molecule is CCC(CC)CN(CC)c1ncc(Cl)cc1Br. The lowest BCUT2D eigenvalue weighted by Crippen LogP contribution is -2.30. The molecule has 1 rings (SSSR count). The summed E-state index contributed by atoms with van der Waals surface area (Å²) in [6.45, 7) is 8.66. The molecule has 96 valence electrons. The Balaban J connectivity index is 2.85.